The Morgan fingerprint density at radius 2 is 0.740 bits per heavy atom. The zero-order chi connectivity index (χ0) is 35.2. The van der Waals surface area contributed by atoms with E-state index in [0.717, 1.165) is 71.6 Å². The zero-order valence-corrected chi connectivity index (χ0v) is 29.0. The van der Waals surface area contributed by atoms with E-state index in [-0.39, 0.29) is 11.2 Å². The smallest absolute Gasteiger partial charge is 0.221 e. The summed E-state index contributed by atoms with van der Waals surface area (Å²) < 4.78 is 0. The SMILES string of the molecule is CC(=O)Nc1ccc2ccccc2c1-c1c(N)ccc2ccccc12.ClCCl.Nc1ccc2ccccc2c1-c1c(N)ccc2ccccc12. The summed E-state index contributed by atoms with van der Waals surface area (Å²) in [5.74, 6) is -0.102. The van der Waals surface area contributed by atoms with Gasteiger partial charge in [0.2, 0.25) is 5.91 Å². The van der Waals surface area contributed by atoms with Crippen LogP contribution in [0.1, 0.15) is 6.92 Å². The maximum absolute atomic E-state index is 11.7. The highest BCUT2D eigenvalue weighted by Crippen LogP contribution is 2.43. The summed E-state index contributed by atoms with van der Waals surface area (Å²) >= 11 is 9.53. The van der Waals surface area contributed by atoms with Gasteiger partial charge < -0.3 is 22.5 Å². The van der Waals surface area contributed by atoms with Crippen LogP contribution in [0.25, 0.3) is 65.3 Å². The number of anilines is 4. The number of nitrogen functional groups attached to an aromatic ring is 3. The number of hydrogen-bond acceptors (Lipinski definition) is 4. The summed E-state index contributed by atoms with van der Waals surface area (Å²) in [5.41, 5.74) is 26.0. The maximum Gasteiger partial charge on any atom is 0.221 e. The summed E-state index contributed by atoms with van der Waals surface area (Å²) in [5, 5.41) is 12.1. The minimum Gasteiger partial charge on any atom is -0.398 e. The molecule has 50 heavy (non-hydrogen) atoms. The van der Waals surface area contributed by atoms with Crippen LogP contribution in [0.2, 0.25) is 0 Å². The molecule has 1 amide bonds. The highest BCUT2D eigenvalue weighted by molar-refractivity contribution is 6.40. The molecule has 0 spiro atoms. The van der Waals surface area contributed by atoms with E-state index in [1.54, 1.807) is 0 Å². The van der Waals surface area contributed by atoms with Crippen molar-refractivity contribution >= 4 is 94.9 Å². The molecule has 248 valence electrons. The lowest BCUT2D eigenvalue weighted by Gasteiger charge is -2.17. The first-order valence-corrected chi connectivity index (χ1v) is 17.1. The second-order valence-corrected chi connectivity index (χ2v) is 12.6. The van der Waals surface area contributed by atoms with Crippen LogP contribution >= 0.6 is 23.2 Å². The molecule has 0 bridgehead atoms. The van der Waals surface area contributed by atoms with E-state index in [2.05, 4.69) is 66.0 Å². The van der Waals surface area contributed by atoms with Gasteiger partial charge in [-0.1, -0.05) is 121 Å². The number of carbonyl (C=O) groups excluding carboxylic acids is 1. The Morgan fingerprint density at radius 1 is 0.460 bits per heavy atom. The predicted molar refractivity (Wildman–Crippen MR) is 218 cm³/mol. The van der Waals surface area contributed by atoms with Gasteiger partial charge in [-0.25, -0.2) is 0 Å². The van der Waals surface area contributed by atoms with Crippen LogP contribution < -0.4 is 22.5 Å². The van der Waals surface area contributed by atoms with E-state index in [9.17, 15) is 4.79 Å². The molecule has 0 aliphatic rings. The van der Waals surface area contributed by atoms with Crippen LogP contribution in [0.5, 0.6) is 0 Å². The average molecular weight is 696 g/mol. The second kappa shape index (κ2) is 15.2. The molecule has 0 aliphatic carbocycles. The minimum absolute atomic E-state index is 0.102. The van der Waals surface area contributed by atoms with Gasteiger partial charge in [-0.3, -0.25) is 4.79 Å². The topological polar surface area (TPSA) is 107 Å². The summed E-state index contributed by atoms with van der Waals surface area (Å²) in [6.45, 7) is 1.52. The number of rotatable bonds is 3. The molecule has 0 radical (unpaired) electrons. The maximum atomic E-state index is 11.7. The molecule has 5 nitrogen and oxygen atoms in total. The number of hydrogen-bond donors (Lipinski definition) is 4. The van der Waals surface area contributed by atoms with Gasteiger partial charge in [0.15, 0.2) is 0 Å². The van der Waals surface area contributed by atoms with Crippen molar-refractivity contribution in [1.82, 2.24) is 0 Å². The molecule has 8 aromatic rings. The number of halogens is 2. The van der Waals surface area contributed by atoms with Gasteiger partial charge in [-0.05, 0) is 67.4 Å². The summed E-state index contributed by atoms with van der Waals surface area (Å²) in [6.07, 6.45) is 0. The van der Waals surface area contributed by atoms with Crippen LogP contribution in [-0.2, 0) is 4.79 Å². The molecule has 7 N–H and O–H groups in total. The lowest BCUT2D eigenvalue weighted by molar-refractivity contribution is -0.114. The number of carbonyl (C=O) groups is 1. The van der Waals surface area contributed by atoms with Gasteiger partial charge in [-0.15, -0.1) is 23.2 Å². The summed E-state index contributed by atoms with van der Waals surface area (Å²) in [4.78, 5) is 11.7. The highest BCUT2D eigenvalue weighted by Gasteiger charge is 2.17. The number of nitrogens with one attached hydrogen (secondary N) is 1. The third-order valence-corrected chi connectivity index (χ3v) is 8.62. The molecule has 8 aromatic carbocycles. The Morgan fingerprint density at radius 3 is 1.08 bits per heavy atom. The highest BCUT2D eigenvalue weighted by atomic mass is 35.5. The van der Waals surface area contributed by atoms with Gasteiger partial charge in [-0.2, -0.15) is 0 Å². The number of benzene rings is 8. The molecule has 0 saturated carbocycles. The molecule has 0 atom stereocenters. The van der Waals surface area contributed by atoms with E-state index < -0.39 is 0 Å². The second-order valence-electron chi connectivity index (χ2n) is 11.7. The lowest BCUT2D eigenvalue weighted by Crippen LogP contribution is -2.07. The normalized spacial score (nSPS) is 10.7. The third-order valence-electron chi connectivity index (χ3n) is 8.62. The molecular weight excluding hydrogens is 659 g/mol. The van der Waals surface area contributed by atoms with E-state index in [1.165, 1.54) is 17.7 Å². The summed E-state index contributed by atoms with van der Waals surface area (Å²) in [6, 6.07) is 48.8. The molecule has 0 unspecified atom stereocenters. The van der Waals surface area contributed by atoms with Crippen LogP contribution in [-0.4, -0.2) is 11.2 Å². The van der Waals surface area contributed by atoms with Gasteiger partial charge in [0, 0.05) is 51.9 Å². The standard InChI is InChI=1S/C22H18N2O.C20H16N2.CH2Cl2/c1-14(25)24-20-13-11-16-7-3-5-9-18(16)22(20)21-17-8-4-2-6-15(17)10-12-19(21)23;21-17-11-9-13-5-1-3-7-15(13)19(17)20-16-8-4-2-6-14(16)10-12-18(20)22;2-1-3/h2-13H,23H2,1H3,(H,24,25);1-12H,21-22H2;1H2. The van der Waals surface area contributed by atoms with E-state index in [4.69, 9.17) is 40.4 Å². The van der Waals surface area contributed by atoms with Gasteiger partial charge in [0.1, 0.15) is 0 Å². The van der Waals surface area contributed by atoms with Crippen LogP contribution in [0.15, 0.2) is 146 Å². The van der Waals surface area contributed by atoms with Crippen molar-refractivity contribution in [3.8, 4) is 22.3 Å². The first-order chi connectivity index (χ1) is 24.3. The number of nitrogens with two attached hydrogens (primary N) is 3. The molecule has 0 aliphatic heterocycles. The predicted octanol–water partition coefficient (Wildman–Crippen LogP) is 11.4. The first kappa shape index (κ1) is 34.1. The van der Waals surface area contributed by atoms with Crippen molar-refractivity contribution in [1.29, 1.82) is 0 Å². The fourth-order valence-electron chi connectivity index (χ4n) is 6.54. The molecule has 0 saturated heterocycles. The molecule has 0 fully saturated rings. The van der Waals surface area contributed by atoms with Crippen LogP contribution in [0.3, 0.4) is 0 Å². The lowest BCUT2D eigenvalue weighted by atomic mass is 9.91. The van der Waals surface area contributed by atoms with Gasteiger partial charge in [0.05, 0.1) is 5.34 Å². The van der Waals surface area contributed by atoms with E-state index in [0.29, 0.717) is 5.69 Å². The Balaban J connectivity index is 0.000000161. The van der Waals surface area contributed by atoms with E-state index >= 15 is 0 Å². The van der Waals surface area contributed by atoms with E-state index in [1.807, 2.05) is 84.9 Å². The van der Waals surface area contributed by atoms with Gasteiger partial charge in [0.25, 0.3) is 0 Å². The fourth-order valence-corrected chi connectivity index (χ4v) is 6.54. The Hall–Kier alpha value is -5.75. The molecule has 0 aromatic heterocycles. The Kier molecular flexibility index (Phi) is 10.4. The van der Waals surface area contributed by atoms with Crippen molar-refractivity contribution in [2.24, 2.45) is 0 Å². The molecular formula is C43H36Cl2N4O. The number of alkyl halides is 2. The quantitative estimate of drug-likeness (QED) is 0.109. The fraction of sp³-hybridized carbons (Fsp3) is 0.0465. The zero-order valence-electron chi connectivity index (χ0n) is 27.5. The average Bonchev–Trinajstić information content (AvgIpc) is 3.13. The number of fused-ring (bicyclic) bond motifs is 4. The van der Waals surface area contributed by atoms with Crippen molar-refractivity contribution in [3.05, 3.63) is 146 Å². The van der Waals surface area contributed by atoms with Crippen molar-refractivity contribution < 1.29 is 4.79 Å². The third kappa shape index (κ3) is 6.88. The molecule has 8 rings (SSSR count). The molecule has 0 heterocycles. The van der Waals surface area contributed by atoms with Gasteiger partial charge >= 0.3 is 0 Å². The number of amides is 1. The van der Waals surface area contributed by atoms with Crippen molar-refractivity contribution in [2.45, 2.75) is 6.92 Å². The summed E-state index contributed by atoms with van der Waals surface area (Å²) in [7, 11) is 0. The van der Waals surface area contributed by atoms with Crippen LogP contribution in [0.4, 0.5) is 22.7 Å². The molecule has 7 heteroatoms. The monoisotopic (exact) mass is 694 g/mol. The minimum atomic E-state index is -0.102. The van der Waals surface area contributed by atoms with Crippen molar-refractivity contribution in [2.75, 3.05) is 27.9 Å². The largest absolute Gasteiger partial charge is 0.398 e. The Labute approximate surface area is 301 Å². The Bertz CT molecular complexity index is 2410. The first-order valence-electron chi connectivity index (χ1n) is 16.1. The van der Waals surface area contributed by atoms with Crippen molar-refractivity contribution in [3.63, 3.8) is 0 Å². The van der Waals surface area contributed by atoms with Crippen LogP contribution in [0, 0.1) is 0 Å².